The molecule has 0 rings (SSSR count). The highest BCUT2D eigenvalue weighted by atomic mass is 127. The van der Waals surface area contributed by atoms with Crippen LogP contribution in [0, 0.1) is 9.85 Å². The molecule has 0 unspecified atom stereocenters. The molecule has 0 bridgehead atoms. The summed E-state index contributed by atoms with van der Waals surface area (Å²) in [5, 5.41) is 2.90. The molecule has 0 aliphatic rings. The van der Waals surface area contributed by atoms with Gasteiger partial charge in [-0.1, -0.05) is 5.92 Å². The molecule has 0 fully saturated rings. The zero-order chi connectivity index (χ0) is 14.9. The van der Waals surface area contributed by atoms with Crippen molar-refractivity contribution in [3.63, 3.8) is 0 Å². The number of hydrogen-bond donors (Lipinski definition) is 1. The van der Waals surface area contributed by atoms with Gasteiger partial charge in [0.15, 0.2) is 5.57 Å². The van der Waals surface area contributed by atoms with Crippen molar-refractivity contribution >= 4 is 34.5 Å². The first-order chi connectivity index (χ1) is 8.87. The van der Waals surface area contributed by atoms with Gasteiger partial charge in [0.2, 0.25) is 0 Å². The number of carbonyl (C=O) groups excluding carboxylic acids is 2. The maximum atomic E-state index is 11.7. The molecule has 0 atom stereocenters. The van der Waals surface area contributed by atoms with Gasteiger partial charge in [-0.2, -0.15) is 0 Å². The van der Waals surface area contributed by atoms with Gasteiger partial charge in [0, 0.05) is 28.8 Å². The first-order valence-corrected chi connectivity index (χ1v) is 6.90. The highest BCUT2D eigenvalue weighted by Gasteiger charge is 2.22. The number of esters is 2. The fourth-order valence-electron chi connectivity index (χ4n) is 1.03. The minimum atomic E-state index is -0.716. The van der Waals surface area contributed by atoms with Crippen LogP contribution in [0.1, 0.15) is 27.7 Å². The summed E-state index contributed by atoms with van der Waals surface area (Å²) in [7, 11) is 0. The Labute approximate surface area is 127 Å². The summed E-state index contributed by atoms with van der Waals surface area (Å²) in [5.74, 6) is 1.46. The van der Waals surface area contributed by atoms with Crippen molar-refractivity contribution in [1.82, 2.24) is 5.32 Å². The molecule has 0 aromatic rings. The molecular formula is C13H18INO4. The van der Waals surface area contributed by atoms with Crippen molar-refractivity contribution in [2.24, 2.45) is 0 Å². The van der Waals surface area contributed by atoms with Crippen molar-refractivity contribution in [2.75, 3.05) is 13.2 Å². The molecule has 6 heteroatoms. The van der Waals surface area contributed by atoms with E-state index in [2.05, 4.69) is 15.2 Å². The second-order valence-corrected chi connectivity index (χ2v) is 4.53. The molecule has 0 radical (unpaired) electrons. The first kappa shape index (κ1) is 17.8. The van der Waals surface area contributed by atoms with E-state index in [0.29, 0.717) is 0 Å². The number of rotatable bonds is 6. The summed E-state index contributed by atoms with van der Waals surface area (Å²) < 4.78 is 12.4. The highest BCUT2D eigenvalue weighted by Crippen LogP contribution is 2.05. The number of ether oxygens (including phenoxy) is 2. The number of hydrogen-bond acceptors (Lipinski definition) is 5. The van der Waals surface area contributed by atoms with Crippen LogP contribution in [0.2, 0.25) is 0 Å². The molecule has 1 N–H and O–H groups in total. The van der Waals surface area contributed by atoms with Crippen molar-refractivity contribution in [3.8, 4) is 9.85 Å². The molecule has 0 amide bonds. The van der Waals surface area contributed by atoms with Crippen molar-refractivity contribution < 1.29 is 19.1 Å². The third-order valence-electron chi connectivity index (χ3n) is 1.93. The molecule has 5 nitrogen and oxygen atoms in total. The maximum Gasteiger partial charge on any atom is 0.347 e. The van der Waals surface area contributed by atoms with Crippen LogP contribution in [0.15, 0.2) is 11.8 Å². The lowest BCUT2D eigenvalue weighted by atomic mass is 10.1. The van der Waals surface area contributed by atoms with Gasteiger partial charge in [0.05, 0.1) is 18.8 Å². The van der Waals surface area contributed by atoms with E-state index in [1.165, 1.54) is 6.20 Å². The van der Waals surface area contributed by atoms with E-state index >= 15 is 0 Å². The fraction of sp³-hybridized carbons (Fsp3) is 0.538. The second kappa shape index (κ2) is 8.80. The SMILES string of the molecule is CCOC(=O)C(=CNC(C)(C)C#CI)C(=O)OCC. The van der Waals surface area contributed by atoms with Crippen molar-refractivity contribution in [1.29, 1.82) is 0 Å². The number of halogens is 1. The predicted molar refractivity (Wildman–Crippen MR) is 80.4 cm³/mol. The van der Waals surface area contributed by atoms with Crippen molar-refractivity contribution in [3.05, 3.63) is 11.8 Å². The lowest BCUT2D eigenvalue weighted by molar-refractivity contribution is -0.146. The molecule has 19 heavy (non-hydrogen) atoms. The zero-order valence-electron chi connectivity index (χ0n) is 11.5. The monoisotopic (exact) mass is 379 g/mol. The normalized spacial score (nSPS) is 9.74. The van der Waals surface area contributed by atoms with Crippen LogP contribution in [-0.4, -0.2) is 30.7 Å². The van der Waals surface area contributed by atoms with Crippen LogP contribution in [-0.2, 0) is 19.1 Å². The Morgan fingerprint density at radius 3 is 2.05 bits per heavy atom. The Morgan fingerprint density at radius 2 is 1.68 bits per heavy atom. The van der Waals surface area contributed by atoms with Crippen LogP contribution in [0.5, 0.6) is 0 Å². The molecule has 0 aromatic carbocycles. The summed E-state index contributed by atoms with van der Waals surface area (Å²) >= 11 is 1.92. The van der Waals surface area contributed by atoms with Crippen LogP contribution in [0.25, 0.3) is 0 Å². The standard InChI is InChI=1S/C13H18INO4/c1-5-18-11(16)10(12(17)19-6-2)9-15-13(3,4)7-8-14/h9,15H,5-6H2,1-4H3. The van der Waals surface area contributed by atoms with E-state index in [-0.39, 0.29) is 18.8 Å². The highest BCUT2D eigenvalue weighted by molar-refractivity contribution is 14.1. The average molecular weight is 379 g/mol. The molecular weight excluding hydrogens is 361 g/mol. The van der Waals surface area contributed by atoms with Gasteiger partial charge in [-0.05, 0) is 31.6 Å². The van der Waals surface area contributed by atoms with E-state index in [0.717, 1.165) is 0 Å². The Hall–Kier alpha value is -1.23. The van der Waals surface area contributed by atoms with Gasteiger partial charge < -0.3 is 14.8 Å². The predicted octanol–water partition coefficient (Wildman–Crippen LogP) is 1.76. The largest absolute Gasteiger partial charge is 0.462 e. The van der Waals surface area contributed by atoms with Crippen LogP contribution in [0.4, 0.5) is 0 Å². The van der Waals surface area contributed by atoms with E-state index < -0.39 is 17.5 Å². The van der Waals surface area contributed by atoms with E-state index in [1.807, 2.05) is 36.4 Å². The smallest absolute Gasteiger partial charge is 0.347 e. The van der Waals surface area contributed by atoms with E-state index in [4.69, 9.17) is 9.47 Å². The molecule has 0 aromatic heterocycles. The zero-order valence-corrected chi connectivity index (χ0v) is 13.7. The molecule has 0 spiro atoms. The van der Waals surface area contributed by atoms with Crippen LogP contribution < -0.4 is 5.32 Å². The van der Waals surface area contributed by atoms with Gasteiger partial charge >= 0.3 is 11.9 Å². The van der Waals surface area contributed by atoms with Gasteiger partial charge in [-0.15, -0.1) is 0 Å². The Morgan fingerprint density at radius 1 is 1.21 bits per heavy atom. The fourth-order valence-corrected chi connectivity index (χ4v) is 1.70. The van der Waals surface area contributed by atoms with Crippen LogP contribution in [0.3, 0.4) is 0 Å². The molecule has 0 aliphatic heterocycles. The second-order valence-electron chi connectivity index (χ2n) is 3.99. The third-order valence-corrected chi connectivity index (χ3v) is 2.20. The Balaban J connectivity index is 5.06. The van der Waals surface area contributed by atoms with Crippen LogP contribution >= 0.6 is 22.6 Å². The lowest BCUT2D eigenvalue weighted by Crippen LogP contribution is -2.35. The number of nitrogens with one attached hydrogen (secondary N) is 1. The maximum absolute atomic E-state index is 11.7. The molecule has 0 saturated heterocycles. The van der Waals surface area contributed by atoms with Gasteiger partial charge in [0.1, 0.15) is 0 Å². The molecule has 0 heterocycles. The van der Waals surface area contributed by atoms with Gasteiger partial charge in [-0.3, -0.25) is 0 Å². The topological polar surface area (TPSA) is 64.6 Å². The van der Waals surface area contributed by atoms with E-state index in [1.54, 1.807) is 13.8 Å². The van der Waals surface area contributed by atoms with Crippen molar-refractivity contribution in [2.45, 2.75) is 33.2 Å². The summed E-state index contributed by atoms with van der Waals surface area (Å²) in [6.45, 7) is 7.35. The van der Waals surface area contributed by atoms with Gasteiger partial charge in [-0.25, -0.2) is 9.59 Å². The minimum absolute atomic E-state index is 0.174. The Kier molecular flexibility index (Phi) is 8.23. The first-order valence-electron chi connectivity index (χ1n) is 5.82. The summed E-state index contributed by atoms with van der Waals surface area (Å²) in [5.41, 5.74) is -0.738. The summed E-state index contributed by atoms with van der Waals surface area (Å²) in [6.07, 6.45) is 1.29. The molecule has 0 aliphatic carbocycles. The third kappa shape index (κ3) is 7.06. The van der Waals surface area contributed by atoms with E-state index in [9.17, 15) is 9.59 Å². The Bertz CT molecular complexity index is 398. The quantitative estimate of drug-likeness (QED) is 0.190. The summed E-state index contributed by atoms with van der Waals surface area (Å²) in [4.78, 5) is 23.3. The lowest BCUT2D eigenvalue weighted by Gasteiger charge is -2.18. The molecule has 106 valence electrons. The minimum Gasteiger partial charge on any atom is -0.462 e. The average Bonchev–Trinajstić information content (AvgIpc) is 2.29. The van der Waals surface area contributed by atoms with Gasteiger partial charge in [0.25, 0.3) is 0 Å². The summed E-state index contributed by atoms with van der Waals surface area (Å²) in [6, 6.07) is 0. The number of carbonyl (C=O) groups is 2. The molecule has 0 saturated carbocycles.